The summed E-state index contributed by atoms with van der Waals surface area (Å²) in [6.45, 7) is 8.99. The molecule has 0 saturated carbocycles. The maximum atomic E-state index is 12.7. The van der Waals surface area contributed by atoms with Crippen LogP contribution in [0.5, 0.6) is 0 Å². The monoisotopic (exact) mass is 356 g/mol. The molecule has 2 rings (SSSR count). The summed E-state index contributed by atoms with van der Waals surface area (Å²) in [5, 5.41) is 16.7. The van der Waals surface area contributed by atoms with Crippen molar-refractivity contribution in [1.29, 1.82) is 0 Å². The highest BCUT2D eigenvalue weighted by molar-refractivity contribution is 5.94. The third-order valence-electron chi connectivity index (χ3n) is 4.93. The topological polar surface area (TPSA) is 55.5 Å². The van der Waals surface area contributed by atoms with Gasteiger partial charge in [0, 0.05) is 29.2 Å². The van der Waals surface area contributed by atoms with Gasteiger partial charge in [0.25, 0.3) is 5.91 Å². The minimum absolute atomic E-state index is 0.0227. The van der Waals surface area contributed by atoms with E-state index in [1.165, 1.54) is 5.06 Å². The van der Waals surface area contributed by atoms with Gasteiger partial charge >= 0.3 is 0 Å². The lowest BCUT2D eigenvalue weighted by molar-refractivity contribution is -0.289. The van der Waals surface area contributed by atoms with Crippen LogP contribution >= 0.6 is 0 Å². The smallest absolute Gasteiger partial charge is 0.251 e. The van der Waals surface area contributed by atoms with E-state index in [2.05, 4.69) is 11.2 Å². The van der Waals surface area contributed by atoms with Crippen molar-refractivity contribution in [3.63, 3.8) is 0 Å². The van der Waals surface area contributed by atoms with Gasteiger partial charge in [0.05, 0.1) is 6.54 Å². The van der Waals surface area contributed by atoms with Crippen molar-refractivity contribution in [2.45, 2.75) is 64.2 Å². The van der Waals surface area contributed by atoms with Gasteiger partial charge in [-0.25, -0.2) is 0 Å². The van der Waals surface area contributed by atoms with Gasteiger partial charge in [-0.1, -0.05) is 18.1 Å². The highest BCUT2D eigenvalue weighted by atomic mass is 16.5. The fourth-order valence-corrected chi connectivity index (χ4v) is 3.97. The van der Waals surface area contributed by atoms with E-state index in [4.69, 9.17) is 6.42 Å². The molecule has 1 amide bonds. The van der Waals surface area contributed by atoms with Crippen LogP contribution in [0, 0.1) is 12.3 Å². The fourth-order valence-electron chi connectivity index (χ4n) is 3.97. The van der Waals surface area contributed by atoms with Crippen LogP contribution in [0.3, 0.4) is 0 Å². The molecule has 1 aromatic rings. The summed E-state index contributed by atoms with van der Waals surface area (Å²) in [5.74, 6) is 2.52. The van der Waals surface area contributed by atoms with Crippen molar-refractivity contribution in [1.82, 2.24) is 15.3 Å². The molecule has 0 spiro atoms. The number of nitrogens with one attached hydrogen (secondary N) is 1. The minimum atomic E-state index is -0.501. The Kier molecular flexibility index (Phi) is 6.13. The first-order chi connectivity index (χ1) is 12.0. The molecule has 0 atom stereocenters. The molecule has 1 aromatic carbocycles. The molecule has 1 saturated heterocycles. The van der Waals surface area contributed by atoms with E-state index in [0.29, 0.717) is 31.5 Å². The number of hydrogen-bond donors (Lipinski definition) is 1. The van der Waals surface area contributed by atoms with Gasteiger partial charge in [0.15, 0.2) is 0 Å². The molecule has 26 heavy (non-hydrogen) atoms. The Hall–Kier alpha value is -1.87. The predicted molar refractivity (Wildman–Crippen MR) is 103 cm³/mol. The summed E-state index contributed by atoms with van der Waals surface area (Å²) in [7, 11) is 1.95. The van der Waals surface area contributed by atoms with Crippen molar-refractivity contribution in [2.24, 2.45) is 0 Å². The lowest BCUT2D eigenvalue weighted by Crippen LogP contribution is -2.62. The molecule has 1 aliphatic rings. The molecule has 1 heterocycles. The molecule has 0 aliphatic carbocycles. The van der Waals surface area contributed by atoms with Crippen molar-refractivity contribution in [3.05, 3.63) is 35.4 Å². The summed E-state index contributed by atoms with van der Waals surface area (Å²) in [5.41, 5.74) is 0.682. The molecule has 0 aromatic heterocycles. The van der Waals surface area contributed by atoms with E-state index < -0.39 is 11.1 Å². The summed E-state index contributed by atoms with van der Waals surface area (Å²) in [6.07, 6.45) is 6.61. The number of piperidine rings is 1. The number of nitrogens with zero attached hydrogens (tertiary/aromatic N) is 2. The quantitative estimate of drug-likeness (QED) is 0.826. The van der Waals surface area contributed by atoms with E-state index in [0.717, 1.165) is 5.56 Å². The number of carbonyl (C=O) groups excluding carboxylic acids is 1. The Labute approximate surface area is 157 Å². The first-order valence-electron chi connectivity index (χ1n) is 9.04. The van der Waals surface area contributed by atoms with Gasteiger partial charge in [-0.3, -0.25) is 9.69 Å². The van der Waals surface area contributed by atoms with Crippen LogP contribution < -0.4 is 5.32 Å². The third kappa shape index (κ3) is 4.85. The van der Waals surface area contributed by atoms with Gasteiger partial charge in [0.2, 0.25) is 0 Å². The van der Waals surface area contributed by atoms with E-state index in [9.17, 15) is 10.0 Å². The van der Waals surface area contributed by atoms with Crippen LogP contribution in [0.1, 0.15) is 56.5 Å². The minimum Gasteiger partial charge on any atom is -0.349 e. The molecular weight excluding hydrogens is 326 g/mol. The van der Waals surface area contributed by atoms with Gasteiger partial charge in [-0.15, -0.1) is 16.7 Å². The van der Waals surface area contributed by atoms with Crippen molar-refractivity contribution >= 4 is 5.91 Å². The third-order valence-corrected chi connectivity index (χ3v) is 4.93. The average Bonchev–Trinajstić information content (AvgIpc) is 2.52. The largest absolute Gasteiger partial charge is 0.349 e. The van der Waals surface area contributed by atoms with Crippen molar-refractivity contribution < 1.29 is 10.0 Å². The van der Waals surface area contributed by atoms with E-state index >= 15 is 0 Å². The Bertz CT molecular complexity index is 673. The molecule has 0 unspecified atom stereocenters. The van der Waals surface area contributed by atoms with E-state index in [1.54, 1.807) is 0 Å². The maximum Gasteiger partial charge on any atom is 0.251 e. The number of hydrogen-bond acceptors (Lipinski definition) is 3. The second-order valence-electron chi connectivity index (χ2n) is 8.57. The molecule has 1 radical (unpaired) electrons. The number of benzene rings is 1. The Morgan fingerprint density at radius 2 is 1.92 bits per heavy atom. The molecule has 5 nitrogen and oxygen atoms in total. The average molecular weight is 356 g/mol. The number of hydroxylamine groups is 2. The second kappa shape index (κ2) is 7.79. The van der Waals surface area contributed by atoms with Crippen molar-refractivity contribution in [3.8, 4) is 12.3 Å². The molecule has 0 bridgehead atoms. The number of terminal acetylenes is 1. The highest BCUT2D eigenvalue weighted by Gasteiger charge is 2.46. The lowest BCUT2D eigenvalue weighted by atomic mass is 9.79. The van der Waals surface area contributed by atoms with Crippen LogP contribution in [0.15, 0.2) is 24.3 Å². The Morgan fingerprint density at radius 1 is 1.31 bits per heavy atom. The number of carbonyl (C=O) groups is 1. The fraction of sp³-hybridized carbons (Fsp3) is 0.571. The zero-order valence-corrected chi connectivity index (χ0v) is 16.5. The van der Waals surface area contributed by atoms with Crippen LogP contribution in [0.2, 0.25) is 0 Å². The van der Waals surface area contributed by atoms with Gasteiger partial charge in [-0.05, 0) is 65.3 Å². The molecule has 141 valence electrons. The van der Waals surface area contributed by atoms with E-state index in [1.807, 2.05) is 63.9 Å². The summed E-state index contributed by atoms with van der Waals surface area (Å²) < 4.78 is 0. The van der Waals surface area contributed by atoms with Crippen LogP contribution in [0.4, 0.5) is 0 Å². The summed E-state index contributed by atoms with van der Waals surface area (Å²) in [4.78, 5) is 14.8. The van der Waals surface area contributed by atoms with Gasteiger partial charge < -0.3 is 5.32 Å². The SMILES string of the molecule is C#CCN(C)Cc1cccc(C(=O)NC2CC(C)(C)N([O])C(C)(C)C2)c1. The lowest BCUT2D eigenvalue weighted by Gasteiger charge is -2.50. The molecular formula is C21H30N3O2. The second-order valence-corrected chi connectivity index (χ2v) is 8.57. The van der Waals surface area contributed by atoms with Crippen LogP contribution in [0.25, 0.3) is 0 Å². The molecule has 1 N–H and O–H groups in total. The van der Waals surface area contributed by atoms with Gasteiger partial charge in [-0.2, -0.15) is 0 Å². The summed E-state index contributed by atoms with van der Waals surface area (Å²) >= 11 is 0. The molecule has 1 aliphatic heterocycles. The Balaban J connectivity index is 2.07. The Morgan fingerprint density at radius 3 is 2.50 bits per heavy atom. The van der Waals surface area contributed by atoms with Crippen molar-refractivity contribution in [2.75, 3.05) is 13.6 Å². The molecule has 1 fully saturated rings. The number of amides is 1. The van der Waals surface area contributed by atoms with Crippen LogP contribution in [-0.2, 0) is 11.8 Å². The highest BCUT2D eigenvalue weighted by Crippen LogP contribution is 2.37. The first kappa shape index (κ1) is 20.4. The summed E-state index contributed by atoms with van der Waals surface area (Å²) in [6, 6.07) is 7.58. The first-order valence-corrected chi connectivity index (χ1v) is 9.04. The van der Waals surface area contributed by atoms with Gasteiger partial charge in [0.1, 0.15) is 0 Å². The number of rotatable bonds is 5. The zero-order valence-electron chi connectivity index (χ0n) is 16.5. The standard InChI is InChI=1S/C21H30N3O2/c1-7-11-23(6)15-16-9-8-10-17(12-16)19(25)22-18-13-20(2,3)24(26)21(4,5)14-18/h1,8-10,12,18H,11,13-15H2,2-6H3,(H,22,25). The normalized spacial score (nSPS) is 19.9. The maximum absolute atomic E-state index is 12.7. The van der Waals surface area contributed by atoms with E-state index in [-0.39, 0.29) is 11.9 Å². The van der Waals surface area contributed by atoms with Crippen LogP contribution in [-0.4, -0.2) is 46.6 Å². The predicted octanol–water partition coefficient (Wildman–Crippen LogP) is 2.85. The molecule has 5 heteroatoms. The zero-order chi connectivity index (χ0) is 19.5.